The van der Waals surface area contributed by atoms with Gasteiger partial charge < -0.3 is 33.2 Å². The van der Waals surface area contributed by atoms with Gasteiger partial charge in [0.1, 0.15) is 13.2 Å². The highest BCUT2D eigenvalue weighted by molar-refractivity contribution is 5.89. The van der Waals surface area contributed by atoms with Gasteiger partial charge in [-0.1, -0.05) is 19.7 Å². The monoisotopic (exact) mass is 472 g/mol. The van der Waals surface area contributed by atoms with Gasteiger partial charge in [-0.05, 0) is 6.08 Å². The average Bonchev–Trinajstić information content (AvgIpc) is 2.83. The Kier molecular flexibility index (Phi) is 18.8. The number of allylic oxidation sites excluding steroid dienone is 1. The molecule has 0 aliphatic rings. The number of carbonyl (C=O) groups excluding carboxylic acids is 3. The smallest absolute Gasteiger partial charge is 0.330 e. The lowest BCUT2D eigenvalue weighted by atomic mass is 9.92. The predicted octanol–water partition coefficient (Wildman–Crippen LogP) is 1.29. The van der Waals surface area contributed by atoms with Gasteiger partial charge in [0.25, 0.3) is 0 Å². The van der Waals surface area contributed by atoms with Crippen LogP contribution >= 0.6 is 0 Å². The highest BCUT2D eigenvalue weighted by Crippen LogP contribution is 2.21. The van der Waals surface area contributed by atoms with Crippen LogP contribution < -0.4 is 0 Å². The van der Waals surface area contributed by atoms with Crippen LogP contribution in [0.4, 0.5) is 0 Å². The first-order chi connectivity index (χ1) is 15.9. The van der Waals surface area contributed by atoms with Gasteiger partial charge in [0.15, 0.2) is 5.78 Å². The van der Waals surface area contributed by atoms with E-state index in [1.54, 1.807) is 7.11 Å². The van der Waals surface area contributed by atoms with Gasteiger partial charge in [-0.2, -0.15) is 0 Å². The molecular formula is C23H36O10. The summed E-state index contributed by atoms with van der Waals surface area (Å²) in [6.07, 6.45) is 3.57. The van der Waals surface area contributed by atoms with Crippen molar-refractivity contribution in [1.29, 1.82) is 0 Å². The van der Waals surface area contributed by atoms with E-state index < -0.39 is 17.4 Å². The van der Waals surface area contributed by atoms with E-state index in [-0.39, 0.29) is 71.7 Å². The summed E-state index contributed by atoms with van der Waals surface area (Å²) in [5, 5.41) is 0. The van der Waals surface area contributed by atoms with Crippen LogP contribution in [0.2, 0.25) is 0 Å². The third-order valence-corrected chi connectivity index (χ3v) is 4.06. The maximum atomic E-state index is 11.4. The molecule has 0 N–H and O–H groups in total. The predicted molar refractivity (Wildman–Crippen MR) is 120 cm³/mol. The van der Waals surface area contributed by atoms with Gasteiger partial charge >= 0.3 is 11.9 Å². The van der Waals surface area contributed by atoms with Crippen molar-refractivity contribution in [2.75, 3.05) is 79.8 Å². The second-order valence-corrected chi connectivity index (χ2v) is 6.87. The van der Waals surface area contributed by atoms with Crippen LogP contribution in [0.5, 0.6) is 0 Å². The van der Waals surface area contributed by atoms with E-state index in [9.17, 15) is 14.4 Å². The number of hydrogen-bond acceptors (Lipinski definition) is 10. The van der Waals surface area contributed by atoms with Crippen molar-refractivity contribution in [3.63, 3.8) is 0 Å². The molecule has 0 aliphatic carbocycles. The molecular weight excluding hydrogens is 436 g/mol. The van der Waals surface area contributed by atoms with Crippen molar-refractivity contribution >= 4 is 17.7 Å². The molecule has 10 nitrogen and oxygen atoms in total. The molecule has 0 aromatic carbocycles. The summed E-state index contributed by atoms with van der Waals surface area (Å²) >= 11 is 0. The number of hydrogen-bond donors (Lipinski definition) is 0. The van der Waals surface area contributed by atoms with E-state index in [1.807, 2.05) is 0 Å². The number of esters is 2. The summed E-state index contributed by atoms with van der Waals surface area (Å²) in [4.78, 5) is 33.8. The van der Waals surface area contributed by atoms with E-state index in [4.69, 9.17) is 33.2 Å². The summed E-state index contributed by atoms with van der Waals surface area (Å²) < 4.78 is 37.7. The summed E-state index contributed by atoms with van der Waals surface area (Å²) in [5.41, 5.74) is -0.740. The molecule has 0 fully saturated rings. The van der Waals surface area contributed by atoms with Crippen LogP contribution in [0.25, 0.3) is 0 Å². The molecule has 33 heavy (non-hydrogen) atoms. The zero-order valence-electron chi connectivity index (χ0n) is 19.4. The molecule has 0 bridgehead atoms. The van der Waals surface area contributed by atoms with Gasteiger partial charge in [0.2, 0.25) is 0 Å². The summed E-state index contributed by atoms with van der Waals surface area (Å²) in [5.74, 6) is -1.21. The molecule has 0 saturated carbocycles. The first kappa shape index (κ1) is 30.6. The Morgan fingerprint density at radius 3 is 1.45 bits per heavy atom. The Morgan fingerprint density at radius 2 is 1.06 bits per heavy atom. The van der Waals surface area contributed by atoms with Crippen molar-refractivity contribution in [1.82, 2.24) is 0 Å². The van der Waals surface area contributed by atoms with Crippen molar-refractivity contribution in [3.05, 3.63) is 38.0 Å². The number of ketones is 1. The Bertz CT molecular complexity index is 572. The SMILES string of the molecule is C=CC(=O)CCOCC(COCCOC)(COCCOC(=O)C=C)COCCOC(=O)C=C. The third-order valence-electron chi connectivity index (χ3n) is 4.06. The summed E-state index contributed by atoms with van der Waals surface area (Å²) in [6, 6.07) is 0. The fraction of sp³-hybridized carbons (Fsp3) is 0.609. The summed E-state index contributed by atoms with van der Waals surface area (Å²) in [7, 11) is 1.57. The molecule has 0 spiro atoms. The van der Waals surface area contributed by atoms with Gasteiger partial charge in [0, 0.05) is 25.7 Å². The van der Waals surface area contributed by atoms with Crippen molar-refractivity contribution in [2.24, 2.45) is 5.41 Å². The van der Waals surface area contributed by atoms with Crippen LogP contribution in [0.15, 0.2) is 38.0 Å². The third kappa shape index (κ3) is 16.9. The molecule has 10 heteroatoms. The van der Waals surface area contributed by atoms with E-state index in [0.717, 1.165) is 12.2 Å². The van der Waals surface area contributed by atoms with Crippen LogP contribution in [0.3, 0.4) is 0 Å². The largest absolute Gasteiger partial charge is 0.460 e. The maximum Gasteiger partial charge on any atom is 0.330 e. The number of ether oxygens (including phenoxy) is 7. The second kappa shape index (κ2) is 20.3. The molecule has 0 unspecified atom stereocenters. The number of methoxy groups -OCH3 is 1. The van der Waals surface area contributed by atoms with E-state index in [2.05, 4.69) is 19.7 Å². The van der Waals surface area contributed by atoms with E-state index >= 15 is 0 Å². The lowest BCUT2D eigenvalue weighted by molar-refractivity contribution is -0.144. The van der Waals surface area contributed by atoms with Crippen molar-refractivity contribution < 1.29 is 47.5 Å². The molecule has 0 amide bonds. The molecule has 0 heterocycles. The van der Waals surface area contributed by atoms with Crippen molar-refractivity contribution in [2.45, 2.75) is 6.42 Å². The molecule has 0 aromatic heterocycles. The topological polar surface area (TPSA) is 116 Å². The Morgan fingerprint density at radius 1 is 0.636 bits per heavy atom. The number of rotatable bonds is 23. The zero-order valence-corrected chi connectivity index (χ0v) is 19.4. The van der Waals surface area contributed by atoms with Crippen LogP contribution in [0.1, 0.15) is 6.42 Å². The highest BCUT2D eigenvalue weighted by atomic mass is 16.6. The highest BCUT2D eigenvalue weighted by Gasteiger charge is 2.32. The Labute approximate surface area is 195 Å². The van der Waals surface area contributed by atoms with E-state index in [0.29, 0.717) is 13.2 Å². The van der Waals surface area contributed by atoms with Crippen molar-refractivity contribution in [3.8, 4) is 0 Å². The van der Waals surface area contributed by atoms with Crippen LogP contribution in [-0.4, -0.2) is 97.5 Å². The minimum absolute atomic E-state index is 0.0541. The average molecular weight is 473 g/mol. The lowest BCUT2D eigenvalue weighted by Gasteiger charge is -2.33. The lowest BCUT2D eigenvalue weighted by Crippen LogP contribution is -2.42. The first-order valence-corrected chi connectivity index (χ1v) is 10.5. The fourth-order valence-electron chi connectivity index (χ4n) is 2.34. The molecule has 188 valence electrons. The maximum absolute atomic E-state index is 11.4. The van der Waals surface area contributed by atoms with E-state index in [1.165, 1.54) is 6.08 Å². The normalized spacial score (nSPS) is 10.9. The molecule has 0 radical (unpaired) electrons. The van der Waals surface area contributed by atoms with Gasteiger partial charge in [0.05, 0.1) is 64.9 Å². The summed E-state index contributed by atoms with van der Waals surface area (Å²) in [6.45, 7) is 12.1. The zero-order chi connectivity index (χ0) is 24.8. The molecule has 0 aliphatic heterocycles. The minimum Gasteiger partial charge on any atom is -0.460 e. The quantitative estimate of drug-likeness (QED) is 0.122. The van der Waals surface area contributed by atoms with Gasteiger partial charge in [-0.15, -0.1) is 0 Å². The van der Waals surface area contributed by atoms with Crippen LogP contribution in [-0.2, 0) is 47.5 Å². The molecule has 0 atom stereocenters. The minimum atomic E-state index is -0.740. The Balaban J connectivity index is 4.97. The number of carbonyl (C=O) groups is 3. The molecule has 0 saturated heterocycles. The van der Waals surface area contributed by atoms with Gasteiger partial charge in [-0.25, -0.2) is 9.59 Å². The molecule has 0 rings (SSSR count). The molecule has 0 aromatic rings. The first-order valence-electron chi connectivity index (χ1n) is 10.5. The van der Waals surface area contributed by atoms with Crippen LogP contribution in [0, 0.1) is 5.41 Å². The fourth-order valence-corrected chi connectivity index (χ4v) is 2.34. The second-order valence-electron chi connectivity index (χ2n) is 6.87. The standard InChI is InChI=1S/C23H36O10/c1-5-20(24)8-9-28-16-23(17-29-11-10-27-4,18-30-12-14-32-21(25)6-2)19-31-13-15-33-22(26)7-3/h5-7H,1-3,8-19H2,4H3. The Hall–Kier alpha value is -2.37. The van der Waals surface area contributed by atoms with Gasteiger partial charge in [-0.3, -0.25) is 4.79 Å².